The molecule has 0 radical (unpaired) electrons. The lowest BCUT2D eigenvalue weighted by atomic mass is 10.3. The maximum absolute atomic E-state index is 11.3. The van der Waals surface area contributed by atoms with Crippen molar-refractivity contribution in [1.29, 1.82) is 0 Å². The van der Waals surface area contributed by atoms with Crippen LogP contribution in [-0.4, -0.2) is 54.4 Å². The van der Waals surface area contributed by atoms with Crippen molar-refractivity contribution in [3.63, 3.8) is 0 Å². The van der Waals surface area contributed by atoms with Gasteiger partial charge in [-0.25, -0.2) is 0 Å². The van der Waals surface area contributed by atoms with Crippen LogP contribution in [0.5, 0.6) is 0 Å². The molecule has 108 valence electrons. The summed E-state index contributed by atoms with van der Waals surface area (Å²) in [5, 5.41) is 11.9. The quantitative estimate of drug-likeness (QED) is 0.790. The second kappa shape index (κ2) is 6.71. The zero-order valence-corrected chi connectivity index (χ0v) is 12.7. The fourth-order valence-electron chi connectivity index (χ4n) is 1.92. The lowest BCUT2D eigenvalue weighted by Crippen LogP contribution is -2.33. The number of aromatic nitrogens is 4. The van der Waals surface area contributed by atoms with Crippen LogP contribution in [0, 0.1) is 0 Å². The van der Waals surface area contributed by atoms with Gasteiger partial charge in [-0.2, -0.15) is 4.68 Å². The van der Waals surface area contributed by atoms with Gasteiger partial charge in [-0.15, -0.1) is 5.10 Å². The third-order valence-electron chi connectivity index (χ3n) is 3.15. The smallest absolute Gasteiger partial charge is 0.170 e. The van der Waals surface area contributed by atoms with Crippen LogP contribution in [-0.2, 0) is 17.3 Å². The molecule has 0 unspecified atom stereocenters. The van der Waals surface area contributed by atoms with E-state index in [1.165, 1.54) is 0 Å². The van der Waals surface area contributed by atoms with Crippen molar-refractivity contribution in [3.8, 4) is 5.69 Å². The zero-order chi connectivity index (χ0) is 14.5. The summed E-state index contributed by atoms with van der Waals surface area (Å²) in [6.45, 7) is 2.66. The Bertz CT molecular complexity index is 571. The summed E-state index contributed by atoms with van der Waals surface area (Å²) < 4.78 is 13.0. The zero-order valence-electron chi connectivity index (χ0n) is 11.9. The largest absolute Gasteiger partial charge is 0.295 e. The van der Waals surface area contributed by atoms with Gasteiger partial charge in [0.1, 0.15) is 0 Å². The van der Waals surface area contributed by atoms with Crippen LogP contribution in [0.3, 0.4) is 0 Å². The first-order valence-electron chi connectivity index (χ1n) is 6.41. The molecule has 2 aromatic rings. The monoisotopic (exact) mass is 293 g/mol. The van der Waals surface area contributed by atoms with Crippen molar-refractivity contribution >= 4 is 10.8 Å². The molecule has 0 N–H and O–H groups in total. The molecule has 7 heteroatoms. The van der Waals surface area contributed by atoms with Gasteiger partial charge >= 0.3 is 0 Å². The molecule has 0 amide bonds. The molecular weight excluding hydrogens is 274 g/mol. The molecule has 0 fully saturated rings. The predicted octanol–water partition coefficient (Wildman–Crippen LogP) is 0.861. The second-order valence-electron chi connectivity index (χ2n) is 4.85. The van der Waals surface area contributed by atoms with Crippen molar-refractivity contribution < 1.29 is 4.21 Å². The normalized spacial score (nSPS) is 14.4. The maximum Gasteiger partial charge on any atom is 0.170 e. The Hall–Kier alpha value is -1.60. The number of rotatable bonds is 6. The maximum atomic E-state index is 11.3. The SMILES string of the molecule is C[C@H](C[S@](C)=O)N(C)Cc1nnnn1-c1ccccc1. The molecule has 0 bridgehead atoms. The van der Waals surface area contributed by atoms with Crippen LogP contribution >= 0.6 is 0 Å². The van der Waals surface area contributed by atoms with Crippen LogP contribution in [0.1, 0.15) is 12.7 Å². The standard InChI is InChI=1S/C13H19N5OS/c1-11(10-20(3)19)17(2)9-13-14-15-16-18(13)12-7-5-4-6-8-12/h4-8,11H,9-10H2,1-3H3/t11-,20+/m1/s1. The van der Waals surface area contributed by atoms with Crippen LogP contribution in [0.4, 0.5) is 0 Å². The molecular formula is C13H19N5OS. The average Bonchev–Trinajstić information content (AvgIpc) is 2.87. The van der Waals surface area contributed by atoms with Gasteiger partial charge in [0, 0.05) is 28.9 Å². The summed E-state index contributed by atoms with van der Waals surface area (Å²) in [5.74, 6) is 1.41. The molecule has 0 spiro atoms. The van der Waals surface area contributed by atoms with Crippen LogP contribution in [0.15, 0.2) is 30.3 Å². The highest BCUT2D eigenvalue weighted by Gasteiger charge is 2.15. The van der Waals surface area contributed by atoms with E-state index < -0.39 is 10.8 Å². The summed E-state index contributed by atoms with van der Waals surface area (Å²) >= 11 is 0. The van der Waals surface area contributed by atoms with Gasteiger partial charge in [0.15, 0.2) is 5.82 Å². The number of hydrogen-bond acceptors (Lipinski definition) is 5. The molecule has 0 saturated heterocycles. The van der Waals surface area contributed by atoms with E-state index in [4.69, 9.17) is 0 Å². The molecule has 6 nitrogen and oxygen atoms in total. The molecule has 0 aliphatic carbocycles. The third kappa shape index (κ3) is 3.71. The summed E-state index contributed by atoms with van der Waals surface area (Å²) in [7, 11) is 1.18. The Balaban J connectivity index is 2.11. The summed E-state index contributed by atoms with van der Waals surface area (Å²) in [6.07, 6.45) is 1.72. The number of nitrogens with zero attached hydrogens (tertiary/aromatic N) is 5. The molecule has 1 aromatic heterocycles. The lowest BCUT2D eigenvalue weighted by molar-refractivity contribution is 0.260. The molecule has 2 atom stereocenters. The van der Waals surface area contributed by atoms with E-state index >= 15 is 0 Å². The first-order valence-corrected chi connectivity index (χ1v) is 8.13. The number of tetrazole rings is 1. The minimum absolute atomic E-state index is 0.210. The van der Waals surface area contributed by atoms with Crippen LogP contribution in [0.2, 0.25) is 0 Å². The molecule has 2 rings (SSSR count). The van der Waals surface area contributed by atoms with Gasteiger partial charge in [0.2, 0.25) is 0 Å². The number of hydrogen-bond donors (Lipinski definition) is 0. The highest BCUT2D eigenvalue weighted by atomic mass is 32.2. The first kappa shape index (κ1) is 14.8. The second-order valence-corrected chi connectivity index (χ2v) is 6.33. The van der Waals surface area contributed by atoms with Gasteiger partial charge in [-0.3, -0.25) is 9.11 Å². The van der Waals surface area contributed by atoms with Crippen molar-refractivity contribution in [2.75, 3.05) is 19.1 Å². The average molecular weight is 293 g/mol. The molecule has 0 saturated carbocycles. The third-order valence-corrected chi connectivity index (χ3v) is 4.11. The minimum atomic E-state index is -0.806. The van der Waals surface area contributed by atoms with E-state index in [0.717, 1.165) is 11.5 Å². The summed E-state index contributed by atoms with van der Waals surface area (Å²) in [5.41, 5.74) is 0.938. The Morgan fingerprint density at radius 1 is 1.35 bits per heavy atom. The van der Waals surface area contributed by atoms with E-state index in [2.05, 4.69) is 27.3 Å². The highest BCUT2D eigenvalue weighted by molar-refractivity contribution is 7.84. The number of para-hydroxylation sites is 1. The van der Waals surface area contributed by atoms with E-state index in [1.54, 1.807) is 10.9 Å². The van der Waals surface area contributed by atoms with Gasteiger partial charge in [-0.05, 0) is 36.5 Å². The lowest BCUT2D eigenvalue weighted by Gasteiger charge is -2.23. The molecule has 1 aromatic carbocycles. The van der Waals surface area contributed by atoms with Crippen molar-refractivity contribution in [1.82, 2.24) is 25.1 Å². The van der Waals surface area contributed by atoms with Crippen molar-refractivity contribution in [2.24, 2.45) is 0 Å². The van der Waals surface area contributed by atoms with Gasteiger partial charge < -0.3 is 0 Å². The fraction of sp³-hybridized carbons (Fsp3) is 0.462. The Morgan fingerprint density at radius 3 is 2.70 bits per heavy atom. The number of benzene rings is 1. The van der Waals surface area contributed by atoms with Crippen LogP contribution < -0.4 is 0 Å². The summed E-state index contributed by atoms with van der Waals surface area (Å²) in [4.78, 5) is 2.10. The molecule has 1 heterocycles. The van der Waals surface area contributed by atoms with Gasteiger partial charge in [-0.1, -0.05) is 18.2 Å². The Labute approximate surface area is 121 Å². The van der Waals surface area contributed by atoms with Crippen molar-refractivity contribution in [3.05, 3.63) is 36.2 Å². The Morgan fingerprint density at radius 2 is 2.05 bits per heavy atom. The molecule has 20 heavy (non-hydrogen) atoms. The topological polar surface area (TPSA) is 63.9 Å². The van der Waals surface area contributed by atoms with E-state index in [0.29, 0.717) is 12.3 Å². The fourth-order valence-corrected chi connectivity index (χ4v) is 2.85. The summed E-state index contributed by atoms with van der Waals surface area (Å²) in [6, 6.07) is 10.00. The predicted molar refractivity (Wildman–Crippen MR) is 79.0 cm³/mol. The minimum Gasteiger partial charge on any atom is -0.295 e. The van der Waals surface area contributed by atoms with Crippen LogP contribution in [0.25, 0.3) is 5.69 Å². The first-order chi connectivity index (χ1) is 9.58. The molecule has 0 aliphatic rings. The van der Waals surface area contributed by atoms with Gasteiger partial charge in [0.25, 0.3) is 0 Å². The van der Waals surface area contributed by atoms with E-state index in [1.807, 2.05) is 37.4 Å². The van der Waals surface area contributed by atoms with Gasteiger partial charge in [0.05, 0.1) is 12.2 Å². The Kier molecular flexibility index (Phi) is 4.97. The molecule has 0 aliphatic heterocycles. The highest BCUT2D eigenvalue weighted by Crippen LogP contribution is 2.10. The van der Waals surface area contributed by atoms with E-state index in [-0.39, 0.29) is 6.04 Å². The van der Waals surface area contributed by atoms with E-state index in [9.17, 15) is 4.21 Å². The van der Waals surface area contributed by atoms with Crippen molar-refractivity contribution in [2.45, 2.75) is 19.5 Å².